The second kappa shape index (κ2) is 10.4. The molecule has 3 heterocycles. The van der Waals surface area contributed by atoms with Crippen LogP contribution in [-0.4, -0.2) is 63.7 Å². The summed E-state index contributed by atoms with van der Waals surface area (Å²) in [5, 5.41) is 7.64. The molecule has 2 amide bonds. The highest BCUT2D eigenvalue weighted by molar-refractivity contribution is 7.13. The molecule has 0 spiro atoms. The molecular formula is C27H33ClN6O3S. The summed E-state index contributed by atoms with van der Waals surface area (Å²) in [5.74, 6) is -1.15. The van der Waals surface area contributed by atoms with E-state index in [4.69, 9.17) is 17.3 Å². The largest absolute Gasteiger partial charge is 0.354 e. The van der Waals surface area contributed by atoms with Crippen LogP contribution in [0.15, 0.2) is 24.3 Å². The first kappa shape index (κ1) is 26.8. The Morgan fingerprint density at radius 2 is 2.08 bits per heavy atom. The van der Waals surface area contributed by atoms with Gasteiger partial charge in [0.1, 0.15) is 5.54 Å². The molecule has 2 aliphatic rings. The lowest BCUT2D eigenvalue weighted by Gasteiger charge is -2.43. The van der Waals surface area contributed by atoms with Gasteiger partial charge < -0.3 is 26.3 Å². The number of H-pyrrole nitrogens is 1. The van der Waals surface area contributed by atoms with Crippen LogP contribution in [0.5, 0.6) is 0 Å². The van der Waals surface area contributed by atoms with Crippen molar-refractivity contribution in [3.63, 3.8) is 0 Å². The quantitative estimate of drug-likeness (QED) is 0.344. The van der Waals surface area contributed by atoms with Crippen LogP contribution in [-0.2, 0) is 17.8 Å². The van der Waals surface area contributed by atoms with E-state index in [0.717, 1.165) is 41.0 Å². The van der Waals surface area contributed by atoms with Gasteiger partial charge in [0.25, 0.3) is 5.91 Å². The van der Waals surface area contributed by atoms with Crippen LogP contribution in [0.1, 0.15) is 64.0 Å². The van der Waals surface area contributed by atoms with Crippen LogP contribution in [0.2, 0.25) is 5.02 Å². The average Bonchev–Trinajstić information content (AvgIpc) is 3.48. The number of ketones is 1. The number of Topliss-reactive ketones (excluding diaryl/α,β-unsaturated/α-hetero) is 1. The van der Waals surface area contributed by atoms with Gasteiger partial charge in [-0.25, -0.2) is 4.98 Å². The molecule has 1 aliphatic carbocycles. The maximum atomic E-state index is 14.2. The first-order valence-corrected chi connectivity index (χ1v) is 14.1. The number of thiazole rings is 1. The van der Waals surface area contributed by atoms with Crippen LogP contribution in [0, 0.1) is 5.92 Å². The van der Waals surface area contributed by atoms with Gasteiger partial charge in [-0.05, 0) is 64.4 Å². The van der Waals surface area contributed by atoms with E-state index in [1.807, 2.05) is 27.0 Å². The van der Waals surface area contributed by atoms with E-state index in [9.17, 15) is 14.4 Å². The minimum Gasteiger partial charge on any atom is -0.354 e. The molecule has 11 heteroatoms. The lowest BCUT2D eigenvalue weighted by Crippen LogP contribution is -2.67. The van der Waals surface area contributed by atoms with Gasteiger partial charge in [0, 0.05) is 58.3 Å². The Morgan fingerprint density at radius 3 is 2.82 bits per heavy atom. The molecule has 1 aliphatic heterocycles. The molecule has 0 bridgehead atoms. The molecule has 5 rings (SSSR count). The molecule has 9 nitrogen and oxygen atoms in total. The molecule has 1 fully saturated rings. The highest BCUT2D eigenvalue weighted by atomic mass is 35.5. The van der Waals surface area contributed by atoms with Crippen molar-refractivity contribution >= 4 is 51.4 Å². The predicted octanol–water partition coefficient (Wildman–Crippen LogP) is 3.27. The summed E-state index contributed by atoms with van der Waals surface area (Å²) in [4.78, 5) is 51.5. The molecule has 1 saturated carbocycles. The SMILES string of the molecule is CC(C)NC(=O)C1CCC(NC(=O)c2nc3c(s2)CN(C)CC3)(C(=O)c2cc3cc(Cl)ccc3[nH]2)C(N)C1. The van der Waals surface area contributed by atoms with E-state index < -0.39 is 17.5 Å². The zero-order chi connectivity index (χ0) is 27.2. The molecular weight excluding hydrogens is 524 g/mol. The molecule has 5 N–H and O–H groups in total. The van der Waals surface area contributed by atoms with Gasteiger partial charge >= 0.3 is 0 Å². The molecule has 38 heavy (non-hydrogen) atoms. The summed E-state index contributed by atoms with van der Waals surface area (Å²) in [6, 6.07) is 6.30. The van der Waals surface area contributed by atoms with Crippen LogP contribution >= 0.6 is 22.9 Å². The van der Waals surface area contributed by atoms with Crippen molar-refractivity contribution in [2.75, 3.05) is 13.6 Å². The first-order valence-electron chi connectivity index (χ1n) is 12.9. The fraction of sp³-hybridized carbons (Fsp3) is 0.481. The van der Waals surface area contributed by atoms with Gasteiger partial charge in [0.15, 0.2) is 5.01 Å². The monoisotopic (exact) mass is 556 g/mol. The lowest BCUT2D eigenvalue weighted by molar-refractivity contribution is -0.127. The predicted molar refractivity (Wildman–Crippen MR) is 149 cm³/mol. The third-order valence-electron chi connectivity index (χ3n) is 7.55. The number of benzene rings is 1. The number of likely N-dealkylation sites (N-methyl/N-ethyl adjacent to an activating group) is 1. The van der Waals surface area contributed by atoms with E-state index in [0.29, 0.717) is 22.1 Å². The summed E-state index contributed by atoms with van der Waals surface area (Å²) in [6.45, 7) is 5.44. The Balaban J connectivity index is 1.47. The first-order chi connectivity index (χ1) is 18.1. The Hall–Kier alpha value is -2.79. The van der Waals surface area contributed by atoms with Crippen molar-refractivity contribution in [1.29, 1.82) is 0 Å². The number of aromatic amines is 1. The molecule has 3 unspecified atom stereocenters. The fourth-order valence-electron chi connectivity index (χ4n) is 5.49. The van der Waals surface area contributed by atoms with Gasteiger partial charge in [0.2, 0.25) is 11.7 Å². The Labute approximate surface area is 230 Å². The Kier molecular flexibility index (Phi) is 7.34. The number of nitrogens with two attached hydrogens (primary N) is 1. The van der Waals surface area contributed by atoms with Crippen LogP contribution in [0.3, 0.4) is 0 Å². The van der Waals surface area contributed by atoms with Crippen LogP contribution < -0.4 is 16.4 Å². The third kappa shape index (κ3) is 5.10. The van der Waals surface area contributed by atoms with Crippen LogP contribution in [0.25, 0.3) is 10.9 Å². The number of hydrogen-bond acceptors (Lipinski definition) is 7. The number of halogens is 1. The maximum absolute atomic E-state index is 14.2. The lowest BCUT2D eigenvalue weighted by atomic mass is 9.69. The molecule has 1 aromatic carbocycles. The summed E-state index contributed by atoms with van der Waals surface area (Å²) in [5.41, 5.74) is 7.34. The van der Waals surface area contributed by atoms with Crippen LogP contribution in [0.4, 0.5) is 0 Å². The number of fused-ring (bicyclic) bond motifs is 2. The number of amides is 2. The number of carbonyl (C=O) groups excluding carboxylic acids is 3. The summed E-state index contributed by atoms with van der Waals surface area (Å²) < 4.78 is 0. The number of hydrogen-bond donors (Lipinski definition) is 4. The molecule has 202 valence electrons. The number of carbonyl (C=O) groups is 3. The van der Waals surface area contributed by atoms with E-state index in [-0.39, 0.29) is 36.5 Å². The minimum absolute atomic E-state index is 0.0000960. The molecule has 2 aromatic heterocycles. The second-order valence-corrected chi connectivity index (χ2v) is 12.3. The number of nitrogens with zero attached hydrogens (tertiary/aromatic N) is 2. The standard InChI is InChI=1S/C27H33ClN6O3S/c1-14(2)30-24(36)15-6-8-27(22(29)12-15,23(35)20-11-16-10-17(28)4-5-18(16)31-20)33-25(37)26-32-19-7-9-34(3)13-21(19)38-26/h4-5,10-11,14-15,22,31H,6-9,12-13,29H2,1-3H3,(H,30,36)(H,33,37). The Morgan fingerprint density at radius 1 is 1.29 bits per heavy atom. The highest BCUT2D eigenvalue weighted by Crippen LogP contribution is 2.36. The van der Waals surface area contributed by atoms with Crippen molar-refractivity contribution < 1.29 is 14.4 Å². The number of aromatic nitrogens is 2. The van der Waals surface area contributed by atoms with Gasteiger partial charge in [-0.15, -0.1) is 11.3 Å². The van der Waals surface area contributed by atoms with Crippen molar-refractivity contribution in [2.45, 2.75) is 63.7 Å². The van der Waals surface area contributed by atoms with Gasteiger partial charge in [-0.1, -0.05) is 11.6 Å². The minimum atomic E-state index is -1.39. The van der Waals surface area contributed by atoms with E-state index in [2.05, 4.69) is 25.5 Å². The molecule has 0 radical (unpaired) electrons. The zero-order valence-electron chi connectivity index (χ0n) is 21.8. The summed E-state index contributed by atoms with van der Waals surface area (Å²) >= 11 is 7.51. The summed E-state index contributed by atoms with van der Waals surface area (Å²) in [6.07, 6.45) is 1.71. The second-order valence-electron chi connectivity index (χ2n) is 10.8. The Bertz CT molecular complexity index is 1400. The fourth-order valence-corrected chi connectivity index (χ4v) is 6.75. The number of nitrogens with one attached hydrogen (secondary N) is 3. The molecule has 3 atom stereocenters. The van der Waals surface area contributed by atoms with Gasteiger partial charge in [-0.3, -0.25) is 14.4 Å². The van der Waals surface area contributed by atoms with E-state index >= 15 is 0 Å². The molecule has 0 saturated heterocycles. The topological polar surface area (TPSA) is 133 Å². The normalized spacial score (nSPS) is 23.8. The van der Waals surface area contributed by atoms with E-state index in [1.54, 1.807) is 18.2 Å². The third-order valence-corrected chi connectivity index (χ3v) is 8.86. The average molecular weight is 557 g/mol. The highest BCUT2D eigenvalue weighted by Gasteiger charge is 2.51. The van der Waals surface area contributed by atoms with Crippen molar-refractivity contribution in [3.8, 4) is 0 Å². The number of rotatable bonds is 6. The van der Waals surface area contributed by atoms with Crippen molar-refractivity contribution in [3.05, 3.63) is 50.6 Å². The van der Waals surface area contributed by atoms with E-state index in [1.165, 1.54) is 11.3 Å². The summed E-state index contributed by atoms with van der Waals surface area (Å²) in [7, 11) is 2.04. The van der Waals surface area contributed by atoms with Crippen molar-refractivity contribution in [1.82, 2.24) is 25.5 Å². The smallest absolute Gasteiger partial charge is 0.281 e. The molecule has 3 aromatic rings. The van der Waals surface area contributed by atoms with Gasteiger partial charge in [-0.2, -0.15) is 0 Å². The maximum Gasteiger partial charge on any atom is 0.281 e. The van der Waals surface area contributed by atoms with Crippen molar-refractivity contribution in [2.24, 2.45) is 11.7 Å². The zero-order valence-corrected chi connectivity index (χ0v) is 23.3. The van der Waals surface area contributed by atoms with Gasteiger partial charge in [0.05, 0.1) is 11.4 Å².